The maximum atomic E-state index is 5.66. The largest absolute Gasteiger partial charge is 0.497 e. The van der Waals surface area contributed by atoms with Crippen molar-refractivity contribution in [3.8, 4) is 5.75 Å². The Morgan fingerprint density at radius 1 is 1.00 bits per heavy atom. The van der Waals surface area contributed by atoms with Gasteiger partial charge >= 0.3 is 0 Å². The van der Waals surface area contributed by atoms with E-state index < -0.39 is 0 Å². The van der Waals surface area contributed by atoms with Crippen LogP contribution in [0, 0.1) is 0 Å². The van der Waals surface area contributed by atoms with Crippen molar-refractivity contribution in [1.29, 1.82) is 0 Å². The van der Waals surface area contributed by atoms with Crippen LogP contribution in [0.5, 0.6) is 5.75 Å². The van der Waals surface area contributed by atoms with E-state index in [1.54, 1.807) is 14.2 Å². The second-order valence-corrected chi connectivity index (χ2v) is 6.67. The summed E-state index contributed by atoms with van der Waals surface area (Å²) in [4.78, 5) is 6.50. The van der Waals surface area contributed by atoms with Gasteiger partial charge in [-0.15, -0.1) is 0 Å². The maximum absolute atomic E-state index is 5.66. The van der Waals surface area contributed by atoms with Gasteiger partial charge in [-0.25, -0.2) is 0 Å². The molecule has 0 aliphatic heterocycles. The van der Waals surface area contributed by atoms with Crippen molar-refractivity contribution in [3.05, 3.63) is 65.2 Å². The van der Waals surface area contributed by atoms with Crippen LogP contribution in [0.1, 0.15) is 23.6 Å². The highest BCUT2D eigenvalue weighted by atomic mass is 16.5. The molecule has 0 fully saturated rings. The molecule has 0 saturated carbocycles. The quantitative estimate of drug-likeness (QED) is 0.356. The third kappa shape index (κ3) is 8.13. The van der Waals surface area contributed by atoms with E-state index in [4.69, 9.17) is 14.2 Å². The molecule has 0 saturated heterocycles. The van der Waals surface area contributed by atoms with Gasteiger partial charge in [-0.05, 0) is 35.7 Å². The maximum Gasteiger partial charge on any atom is 0.193 e. The van der Waals surface area contributed by atoms with Crippen molar-refractivity contribution in [1.82, 2.24) is 10.2 Å². The third-order valence-corrected chi connectivity index (χ3v) is 4.44. The summed E-state index contributed by atoms with van der Waals surface area (Å²) >= 11 is 0. The summed E-state index contributed by atoms with van der Waals surface area (Å²) < 4.78 is 16.2. The molecular weight excluding hydrogens is 366 g/mol. The van der Waals surface area contributed by atoms with Crippen molar-refractivity contribution >= 4 is 5.96 Å². The monoisotopic (exact) mass is 399 g/mol. The van der Waals surface area contributed by atoms with Gasteiger partial charge < -0.3 is 24.4 Å². The lowest BCUT2D eigenvalue weighted by Gasteiger charge is -2.22. The minimum Gasteiger partial charge on any atom is -0.497 e. The Morgan fingerprint density at radius 2 is 1.72 bits per heavy atom. The topological polar surface area (TPSA) is 55.3 Å². The summed E-state index contributed by atoms with van der Waals surface area (Å²) in [5.74, 6) is 1.71. The Bertz CT molecular complexity index is 747. The Hall–Kier alpha value is -2.57. The zero-order chi connectivity index (χ0) is 20.9. The first kappa shape index (κ1) is 22.7. The van der Waals surface area contributed by atoms with Crippen LogP contribution >= 0.6 is 0 Å². The van der Waals surface area contributed by atoms with E-state index in [1.165, 1.54) is 11.1 Å². The fourth-order valence-electron chi connectivity index (χ4n) is 2.93. The molecule has 0 radical (unpaired) electrons. The van der Waals surface area contributed by atoms with Gasteiger partial charge in [0.05, 0.1) is 26.9 Å². The van der Waals surface area contributed by atoms with Gasteiger partial charge in [-0.1, -0.05) is 36.4 Å². The fraction of sp³-hybridized carbons (Fsp3) is 0.435. The first-order valence-corrected chi connectivity index (χ1v) is 9.94. The SMILES string of the molecule is CCOCCOCc1cccc(CNC(=NC)N(C)Cc2ccc(OC)cc2)c1. The second-order valence-electron chi connectivity index (χ2n) is 6.67. The van der Waals surface area contributed by atoms with E-state index in [-0.39, 0.29) is 0 Å². The third-order valence-electron chi connectivity index (χ3n) is 4.44. The van der Waals surface area contributed by atoms with Gasteiger partial charge in [0.25, 0.3) is 0 Å². The van der Waals surface area contributed by atoms with Crippen LogP contribution in [0.25, 0.3) is 0 Å². The first-order valence-electron chi connectivity index (χ1n) is 9.94. The van der Waals surface area contributed by atoms with Gasteiger partial charge in [-0.3, -0.25) is 4.99 Å². The normalized spacial score (nSPS) is 11.4. The van der Waals surface area contributed by atoms with Crippen LogP contribution in [0.3, 0.4) is 0 Å². The molecule has 0 atom stereocenters. The molecule has 6 nitrogen and oxygen atoms in total. The average Bonchev–Trinajstić information content (AvgIpc) is 2.75. The van der Waals surface area contributed by atoms with Crippen LogP contribution in [0.2, 0.25) is 0 Å². The van der Waals surface area contributed by atoms with Crippen molar-refractivity contribution < 1.29 is 14.2 Å². The molecule has 2 aromatic carbocycles. The Morgan fingerprint density at radius 3 is 2.41 bits per heavy atom. The molecule has 0 spiro atoms. The summed E-state index contributed by atoms with van der Waals surface area (Å²) in [6.07, 6.45) is 0. The first-order chi connectivity index (χ1) is 14.2. The molecule has 6 heteroatoms. The number of nitrogens with zero attached hydrogens (tertiary/aromatic N) is 2. The highest BCUT2D eigenvalue weighted by molar-refractivity contribution is 5.79. The lowest BCUT2D eigenvalue weighted by Crippen LogP contribution is -2.38. The number of guanidine groups is 1. The predicted molar refractivity (Wildman–Crippen MR) is 117 cm³/mol. The minimum absolute atomic E-state index is 0.590. The summed E-state index contributed by atoms with van der Waals surface area (Å²) in [6.45, 7) is 6.00. The van der Waals surface area contributed by atoms with E-state index in [9.17, 15) is 0 Å². The molecule has 0 heterocycles. The molecule has 0 aromatic heterocycles. The van der Waals surface area contributed by atoms with Crippen LogP contribution < -0.4 is 10.1 Å². The van der Waals surface area contributed by atoms with Crippen LogP contribution in [0.4, 0.5) is 0 Å². The molecule has 29 heavy (non-hydrogen) atoms. The molecule has 0 bridgehead atoms. The van der Waals surface area contributed by atoms with Gasteiger partial charge in [0, 0.05) is 33.8 Å². The number of hydrogen-bond donors (Lipinski definition) is 1. The van der Waals surface area contributed by atoms with E-state index in [0.29, 0.717) is 26.4 Å². The van der Waals surface area contributed by atoms with Gasteiger partial charge in [0.15, 0.2) is 5.96 Å². The summed E-state index contributed by atoms with van der Waals surface area (Å²) in [6, 6.07) is 16.5. The van der Waals surface area contributed by atoms with Crippen LogP contribution in [-0.4, -0.2) is 51.9 Å². The molecule has 0 amide bonds. The van der Waals surface area contributed by atoms with Crippen molar-refractivity contribution in [2.75, 3.05) is 41.0 Å². The Balaban J connectivity index is 1.83. The summed E-state index contributed by atoms with van der Waals surface area (Å²) in [7, 11) is 5.51. The molecule has 0 unspecified atom stereocenters. The summed E-state index contributed by atoms with van der Waals surface area (Å²) in [5, 5.41) is 3.43. The van der Waals surface area contributed by atoms with Gasteiger partial charge in [0.1, 0.15) is 5.75 Å². The van der Waals surface area contributed by atoms with E-state index in [0.717, 1.165) is 30.4 Å². The van der Waals surface area contributed by atoms with E-state index in [2.05, 4.69) is 51.6 Å². The number of ether oxygens (including phenoxy) is 3. The lowest BCUT2D eigenvalue weighted by atomic mass is 10.1. The highest BCUT2D eigenvalue weighted by Crippen LogP contribution is 2.13. The molecule has 1 N–H and O–H groups in total. The van der Waals surface area contributed by atoms with Crippen LogP contribution in [0.15, 0.2) is 53.5 Å². The predicted octanol–water partition coefficient (Wildman–Crippen LogP) is 3.46. The summed E-state index contributed by atoms with van der Waals surface area (Å²) in [5.41, 5.74) is 3.54. The van der Waals surface area contributed by atoms with E-state index >= 15 is 0 Å². The number of aliphatic imine (C=N–C) groups is 1. The zero-order valence-electron chi connectivity index (χ0n) is 18.0. The Labute approximate surface area is 174 Å². The van der Waals surface area contributed by atoms with Crippen molar-refractivity contribution in [3.63, 3.8) is 0 Å². The van der Waals surface area contributed by atoms with Crippen molar-refractivity contribution in [2.24, 2.45) is 4.99 Å². The molecule has 2 rings (SSSR count). The number of methoxy groups -OCH3 is 1. The van der Waals surface area contributed by atoms with Gasteiger partial charge in [0.2, 0.25) is 0 Å². The van der Waals surface area contributed by atoms with Gasteiger partial charge in [-0.2, -0.15) is 0 Å². The average molecular weight is 400 g/mol. The fourth-order valence-corrected chi connectivity index (χ4v) is 2.93. The van der Waals surface area contributed by atoms with Crippen LogP contribution in [-0.2, 0) is 29.2 Å². The second kappa shape index (κ2) is 12.8. The number of benzene rings is 2. The highest BCUT2D eigenvalue weighted by Gasteiger charge is 2.07. The number of hydrogen-bond acceptors (Lipinski definition) is 4. The molecular formula is C23H33N3O3. The molecule has 2 aromatic rings. The van der Waals surface area contributed by atoms with E-state index in [1.807, 2.05) is 26.1 Å². The molecule has 0 aliphatic carbocycles. The zero-order valence-corrected chi connectivity index (χ0v) is 18.0. The molecule has 0 aliphatic rings. The number of nitrogens with one attached hydrogen (secondary N) is 1. The minimum atomic E-state index is 0.590. The Kier molecular flexibility index (Phi) is 10.0. The van der Waals surface area contributed by atoms with Crippen molar-refractivity contribution in [2.45, 2.75) is 26.6 Å². The number of rotatable bonds is 11. The molecule has 158 valence electrons. The standard InChI is InChI=1S/C23H33N3O3/c1-5-28-13-14-29-18-21-8-6-7-20(15-21)16-25-23(24-2)26(3)17-19-9-11-22(27-4)12-10-19/h6-12,15H,5,13-14,16-18H2,1-4H3,(H,24,25). The lowest BCUT2D eigenvalue weighted by molar-refractivity contribution is 0.0453. The smallest absolute Gasteiger partial charge is 0.193 e.